The van der Waals surface area contributed by atoms with Crippen molar-refractivity contribution in [3.8, 4) is 0 Å². The van der Waals surface area contributed by atoms with Gasteiger partial charge in [-0.15, -0.1) is 6.58 Å². The van der Waals surface area contributed by atoms with Crippen molar-refractivity contribution in [3.63, 3.8) is 0 Å². The Hall–Kier alpha value is 0.390. The Kier molecular flexibility index (Phi) is 7.02. The molecule has 0 aromatic rings. The van der Waals surface area contributed by atoms with Crippen LogP contribution in [0.5, 0.6) is 0 Å². The van der Waals surface area contributed by atoms with E-state index in [1.54, 1.807) is 0 Å². The fraction of sp³-hybridized carbons (Fsp3) is 0.929. The van der Waals surface area contributed by atoms with Crippen LogP contribution in [-0.2, 0) is 0 Å². The minimum atomic E-state index is -0.201. The molecule has 0 radical (unpaired) electrons. The highest BCUT2D eigenvalue weighted by Crippen LogP contribution is 2.73. The number of hydrogen-bond acceptors (Lipinski definition) is 2. The van der Waals surface area contributed by atoms with Crippen molar-refractivity contribution >= 4 is 22.6 Å². The van der Waals surface area contributed by atoms with Crippen molar-refractivity contribution in [1.29, 1.82) is 0 Å². The Labute approximate surface area is 205 Å². The van der Waals surface area contributed by atoms with Crippen LogP contribution in [0.1, 0.15) is 91.9 Å². The lowest BCUT2D eigenvalue weighted by atomic mass is 9.40. The highest BCUT2D eigenvalue weighted by atomic mass is 127. The van der Waals surface area contributed by atoms with Gasteiger partial charge in [0.1, 0.15) is 0 Å². The summed E-state index contributed by atoms with van der Waals surface area (Å²) in [6.45, 7) is 14.3. The Morgan fingerprint density at radius 2 is 1.77 bits per heavy atom. The number of aliphatic hydroxyl groups is 2. The molecule has 2 N–H and O–H groups in total. The van der Waals surface area contributed by atoms with Crippen LogP contribution >= 0.6 is 22.6 Å². The molecule has 0 aromatic carbocycles. The normalized spacial score (nSPS) is 52.7. The quantitative estimate of drug-likeness (QED) is 0.215. The fourth-order valence-corrected chi connectivity index (χ4v) is 10.5. The zero-order valence-corrected chi connectivity index (χ0v) is 22.6. The predicted octanol–water partition coefficient (Wildman–Crippen LogP) is 7.02. The first-order valence-electron chi connectivity index (χ1n) is 13.3. The molecule has 178 valence electrons. The molecule has 0 amide bonds. The predicted molar refractivity (Wildman–Crippen MR) is 138 cm³/mol. The van der Waals surface area contributed by atoms with Crippen molar-refractivity contribution in [1.82, 2.24) is 0 Å². The van der Waals surface area contributed by atoms with E-state index in [1.807, 2.05) is 0 Å². The molecule has 11 atom stereocenters. The SMILES string of the molecule is C=CC1([C@H](C)CCCI)CCC2C3C(CC[C@@]21C)[C@@]1(C)CC[C@@H](O)C[C@H]1[C@@H](CC)[C@H]3O. The lowest BCUT2D eigenvalue weighted by molar-refractivity contribution is -0.207. The summed E-state index contributed by atoms with van der Waals surface area (Å²) in [5.74, 6) is 3.15. The van der Waals surface area contributed by atoms with Crippen molar-refractivity contribution in [2.75, 3.05) is 4.43 Å². The van der Waals surface area contributed by atoms with Crippen molar-refractivity contribution in [2.45, 2.75) is 104 Å². The second kappa shape index (κ2) is 8.87. The van der Waals surface area contributed by atoms with Crippen LogP contribution in [-0.4, -0.2) is 26.8 Å². The first kappa shape index (κ1) is 24.5. The molecule has 0 spiro atoms. The van der Waals surface area contributed by atoms with Crippen LogP contribution in [0, 0.1) is 51.8 Å². The molecule has 4 aliphatic carbocycles. The second-order valence-electron chi connectivity index (χ2n) is 12.4. The molecule has 0 aliphatic heterocycles. The van der Waals surface area contributed by atoms with Gasteiger partial charge in [-0.2, -0.15) is 0 Å². The molecule has 31 heavy (non-hydrogen) atoms. The summed E-state index contributed by atoms with van der Waals surface area (Å²) in [6.07, 6.45) is 13.7. The van der Waals surface area contributed by atoms with E-state index in [2.05, 4.69) is 62.9 Å². The van der Waals surface area contributed by atoms with Gasteiger partial charge in [0.15, 0.2) is 0 Å². The number of aliphatic hydroxyl groups excluding tert-OH is 2. The zero-order chi connectivity index (χ0) is 22.6. The van der Waals surface area contributed by atoms with E-state index in [0.717, 1.165) is 25.7 Å². The third-order valence-electron chi connectivity index (χ3n) is 11.7. The summed E-state index contributed by atoms with van der Waals surface area (Å²) in [6, 6.07) is 0. The van der Waals surface area contributed by atoms with Gasteiger partial charge in [0, 0.05) is 0 Å². The Bertz CT molecular complexity index is 665. The van der Waals surface area contributed by atoms with Gasteiger partial charge in [-0.1, -0.05) is 62.8 Å². The van der Waals surface area contributed by atoms with Gasteiger partial charge in [-0.05, 0) is 114 Å². The molecular weight excluding hydrogens is 495 g/mol. The van der Waals surface area contributed by atoms with Crippen LogP contribution < -0.4 is 0 Å². The van der Waals surface area contributed by atoms with Gasteiger partial charge in [-0.25, -0.2) is 0 Å². The number of fused-ring (bicyclic) bond motifs is 5. The topological polar surface area (TPSA) is 40.5 Å². The lowest BCUT2D eigenvalue weighted by Gasteiger charge is -2.65. The van der Waals surface area contributed by atoms with Crippen LogP contribution in [0.3, 0.4) is 0 Å². The first-order chi connectivity index (χ1) is 14.7. The molecule has 4 saturated carbocycles. The van der Waals surface area contributed by atoms with E-state index in [1.165, 1.54) is 43.0 Å². The molecule has 0 bridgehead atoms. The van der Waals surface area contributed by atoms with Crippen LogP contribution in [0.2, 0.25) is 0 Å². The summed E-state index contributed by atoms with van der Waals surface area (Å²) >= 11 is 2.52. The molecule has 4 aliphatic rings. The van der Waals surface area contributed by atoms with Gasteiger partial charge in [0.2, 0.25) is 0 Å². The Morgan fingerprint density at radius 3 is 2.42 bits per heavy atom. The smallest absolute Gasteiger partial charge is 0.0605 e. The second-order valence-corrected chi connectivity index (χ2v) is 13.4. The minimum Gasteiger partial charge on any atom is -0.393 e. The lowest BCUT2D eigenvalue weighted by Crippen LogP contribution is -2.63. The van der Waals surface area contributed by atoms with E-state index < -0.39 is 0 Å². The average Bonchev–Trinajstić information content (AvgIpc) is 3.06. The van der Waals surface area contributed by atoms with E-state index in [0.29, 0.717) is 35.5 Å². The highest BCUT2D eigenvalue weighted by Gasteiger charge is 2.67. The summed E-state index contributed by atoms with van der Waals surface area (Å²) < 4.78 is 1.24. The van der Waals surface area contributed by atoms with Crippen molar-refractivity contribution in [2.24, 2.45) is 51.8 Å². The third kappa shape index (κ3) is 3.44. The van der Waals surface area contributed by atoms with Gasteiger partial charge < -0.3 is 10.2 Å². The van der Waals surface area contributed by atoms with E-state index in [-0.39, 0.29) is 28.5 Å². The maximum absolute atomic E-state index is 11.9. The molecule has 2 nitrogen and oxygen atoms in total. The van der Waals surface area contributed by atoms with E-state index >= 15 is 0 Å². The van der Waals surface area contributed by atoms with Crippen molar-refractivity contribution in [3.05, 3.63) is 12.7 Å². The number of rotatable bonds is 6. The minimum absolute atomic E-state index is 0.164. The van der Waals surface area contributed by atoms with Crippen molar-refractivity contribution < 1.29 is 10.2 Å². The molecule has 3 heteroatoms. The molecule has 0 aromatic heterocycles. The molecule has 0 saturated heterocycles. The molecular formula is C28H47IO2. The molecule has 4 fully saturated rings. The van der Waals surface area contributed by atoms with Crippen LogP contribution in [0.4, 0.5) is 0 Å². The maximum Gasteiger partial charge on any atom is 0.0605 e. The number of halogens is 1. The number of allylic oxidation sites excluding steroid dienone is 1. The summed E-state index contributed by atoms with van der Waals surface area (Å²) in [4.78, 5) is 0. The van der Waals surface area contributed by atoms with Crippen LogP contribution in [0.15, 0.2) is 12.7 Å². The van der Waals surface area contributed by atoms with E-state index in [9.17, 15) is 10.2 Å². The summed E-state index contributed by atoms with van der Waals surface area (Å²) in [7, 11) is 0. The first-order valence-corrected chi connectivity index (χ1v) is 14.8. The molecule has 4 unspecified atom stereocenters. The standard InChI is InChI=1S/C28H47IO2/c1-6-20-23-17-19(30)10-13-26(23,4)21-11-14-27(5)22(24(21)25(20)31)12-15-28(27,7-2)18(3)9-8-16-29/h7,18-25,30-31H,2,6,8-17H2,1,3-5H3/t18-,19-,20-,21?,22?,23+,24?,25-,26-,27+,28?/m1/s1. The fourth-order valence-electron chi connectivity index (χ4n) is 10.1. The third-order valence-corrected chi connectivity index (χ3v) is 12.5. The zero-order valence-electron chi connectivity index (χ0n) is 20.5. The molecule has 4 rings (SSSR count). The van der Waals surface area contributed by atoms with Gasteiger partial charge in [0.25, 0.3) is 0 Å². The van der Waals surface area contributed by atoms with Gasteiger partial charge in [-0.3, -0.25) is 0 Å². The highest BCUT2D eigenvalue weighted by molar-refractivity contribution is 14.1. The summed E-state index contributed by atoms with van der Waals surface area (Å²) in [5.41, 5.74) is 0.769. The molecule has 0 heterocycles. The van der Waals surface area contributed by atoms with Gasteiger partial charge >= 0.3 is 0 Å². The van der Waals surface area contributed by atoms with Crippen LogP contribution in [0.25, 0.3) is 0 Å². The van der Waals surface area contributed by atoms with E-state index in [4.69, 9.17) is 0 Å². The largest absolute Gasteiger partial charge is 0.393 e. The van der Waals surface area contributed by atoms with Gasteiger partial charge in [0.05, 0.1) is 12.2 Å². The number of alkyl halides is 1. The average molecular weight is 543 g/mol. The monoisotopic (exact) mass is 542 g/mol. The maximum atomic E-state index is 11.9. The Morgan fingerprint density at radius 1 is 1.06 bits per heavy atom. The summed E-state index contributed by atoms with van der Waals surface area (Å²) in [5, 5.41) is 22.4. The Balaban J connectivity index is 1.70. The number of hydrogen-bond donors (Lipinski definition) is 2.